The van der Waals surface area contributed by atoms with Gasteiger partial charge in [0.05, 0.1) is 23.3 Å². The highest BCUT2D eigenvalue weighted by Gasteiger charge is 2.02. The second-order valence-electron chi connectivity index (χ2n) is 3.56. The van der Waals surface area contributed by atoms with Crippen molar-refractivity contribution in [3.05, 3.63) is 36.2 Å². The lowest BCUT2D eigenvalue weighted by molar-refractivity contribution is 0.768. The van der Waals surface area contributed by atoms with Crippen LogP contribution in [0.15, 0.2) is 30.6 Å². The van der Waals surface area contributed by atoms with Crippen molar-refractivity contribution < 1.29 is 0 Å². The summed E-state index contributed by atoms with van der Waals surface area (Å²) in [5.41, 5.74) is 9.66. The van der Waals surface area contributed by atoms with Crippen molar-refractivity contribution >= 4 is 17.1 Å². The first-order valence-electron chi connectivity index (χ1n) is 4.77. The fraction of sp³-hybridized carbons (Fsp3) is 0.182. The molecule has 78 valence electrons. The van der Waals surface area contributed by atoms with Crippen LogP contribution < -0.4 is 11.1 Å². The van der Waals surface area contributed by atoms with E-state index >= 15 is 0 Å². The molecule has 1 aromatic heterocycles. The van der Waals surface area contributed by atoms with E-state index in [2.05, 4.69) is 10.4 Å². The monoisotopic (exact) mass is 202 g/mol. The summed E-state index contributed by atoms with van der Waals surface area (Å²) in [6.07, 6.45) is 3.67. The second-order valence-corrected chi connectivity index (χ2v) is 3.56. The van der Waals surface area contributed by atoms with Crippen molar-refractivity contribution in [3.63, 3.8) is 0 Å². The summed E-state index contributed by atoms with van der Waals surface area (Å²) in [4.78, 5) is 0. The SMILES string of the molecule is Cc1cccc(Nc2cnn(C)c2)c1N. The van der Waals surface area contributed by atoms with Crippen molar-refractivity contribution in [3.8, 4) is 0 Å². The Bertz CT molecular complexity index is 473. The van der Waals surface area contributed by atoms with Crippen LogP contribution in [0.3, 0.4) is 0 Å². The van der Waals surface area contributed by atoms with Crippen molar-refractivity contribution in [2.45, 2.75) is 6.92 Å². The quantitative estimate of drug-likeness (QED) is 0.733. The van der Waals surface area contributed by atoms with E-state index in [-0.39, 0.29) is 0 Å². The van der Waals surface area contributed by atoms with Gasteiger partial charge >= 0.3 is 0 Å². The van der Waals surface area contributed by atoms with Gasteiger partial charge in [-0.05, 0) is 18.6 Å². The maximum Gasteiger partial charge on any atom is 0.0770 e. The summed E-state index contributed by atoms with van der Waals surface area (Å²) in [5.74, 6) is 0. The third-order valence-electron chi connectivity index (χ3n) is 2.31. The van der Waals surface area contributed by atoms with Crippen LogP contribution in [0.2, 0.25) is 0 Å². The van der Waals surface area contributed by atoms with E-state index < -0.39 is 0 Å². The van der Waals surface area contributed by atoms with E-state index in [0.717, 1.165) is 22.6 Å². The summed E-state index contributed by atoms with van der Waals surface area (Å²) in [7, 11) is 1.88. The van der Waals surface area contributed by atoms with E-state index in [0.29, 0.717) is 0 Å². The summed E-state index contributed by atoms with van der Waals surface area (Å²) >= 11 is 0. The van der Waals surface area contributed by atoms with Gasteiger partial charge in [0, 0.05) is 13.2 Å². The molecule has 0 radical (unpaired) electrons. The Hall–Kier alpha value is -1.97. The molecule has 4 nitrogen and oxygen atoms in total. The van der Waals surface area contributed by atoms with Gasteiger partial charge in [-0.15, -0.1) is 0 Å². The number of hydrogen-bond acceptors (Lipinski definition) is 3. The molecule has 0 atom stereocenters. The van der Waals surface area contributed by atoms with E-state index in [1.165, 1.54) is 0 Å². The first-order chi connectivity index (χ1) is 7.16. The molecule has 0 unspecified atom stereocenters. The minimum absolute atomic E-state index is 0.779. The second kappa shape index (κ2) is 3.65. The lowest BCUT2D eigenvalue weighted by Crippen LogP contribution is -1.97. The van der Waals surface area contributed by atoms with E-state index in [4.69, 9.17) is 5.73 Å². The van der Waals surface area contributed by atoms with Crippen LogP contribution >= 0.6 is 0 Å². The minimum Gasteiger partial charge on any atom is -0.397 e. The first-order valence-corrected chi connectivity index (χ1v) is 4.77. The Labute approximate surface area is 88.7 Å². The third kappa shape index (κ3) is 1.93. The normalized spacial score (nSPS) is 10.3. The number of anilines is 3. The average Bonchev–Trinajstić information content (AvgIpc) is 2.59. The zero-order valence-corrected chi connectivity index (χ0v) is 8.86. The number of nitrogens with zero attached hydrogens (tertiary/aromatic N) is 2. The number of rotatable bonds is 2. The fourth-order valence-corrected chi connectivity index (χ4v) is 1.43. The Kier molecular flexibility index (Phi) is 2.33. The average molecular weight is 202 g/mol. The van der Waals surface area contributed by atoms with E-state index in [9.17, 15) is 0 Å². The zero-order chi connectivity index (χ0) is 10.8. The van der Waals surface area contributed by atoms with Crippen LogP contribution in [0.25, 0.3) is 0 Å². The Balaban J connectivity index is 2.28. The van der Waals surface area contributed by atoms with Gasteiger partial charge in [-0.3, -0.25) is 4.68 Å². The highest BCUT2D eigenvalue weighted by atomic mass is 15.3. The van der Waals surface area contributed by atoms with Crippen LogP contribution in [0.1, 0.15) is 5.56 Å². The maximum atomic E-state index is 5.95. The zero-order valence-electron chi connectivity index (χ0n) is 8.86. The molecule has 2 rings (SSSR count). The van der Waals surface area contributed by atoms with E-state index in [1.807, 2.05) is 38.4 Å². The molecule has 0 fully saturated rings. The molecule has 0 bridgehead atoms. The summed E-state index contributed by atoms with van der Waals surface area (Å²) < 4.78 is 1.74. The number of hydrogen-bond donors (Lipinski definition) is 2. The van der Waals surface area contributed by atoms with Crippen LogP contribution in [0, 0.1) is 6.92 Å². The van der Waals surface area contributed by atoms with Gasteiger partial charge in [-0.25, -0.2) is 0 Å². The molecule has 15 heavy (non-hydrogen) atoms. The topological polar surface area (TPSA) is 55.9 Å². The lowest BCUT2D eigenvalue weighted by atomic mass is 10.2. The molecule has 0 spiro atoms. The van der Waals surface area contributed by atoms with E-state index in [1.54, 1.807) is 10.9 Å². The Morgan fingerprint density at radius 3 is 2.87 bits per heavy atom. The molecule has 0 aliphatic rings. The molecule has 4 heteroatoms. The molecular formula is C11H14N4. The smallest absolute Gasteiger partial charge is 0.0770 e. The molecular weight excluding hydrogens is 188 g/mol. The molecule has 0 amide bonds. The summed E-state index contributed by atoms with van der Waals surface area (Å²) in [6, 6.07) is 5.92. The molecule has 0 aliphatic carbocycles. The molecule has 1 heterocycles. The van der Waals surface area contributed by atoms with Gasteiger partial charge < -0.3 is 11.1 Å². The van der Waals surface area contributed by atoms with Crippen LogP contribution in [-0.4, -0.2) is 9.78 Å². The van der Waals surface area contributed by atoms with Gasteiger partial charge in [0.2, 0.25) is 0 Å². The lowest BCUT2D eigenvalue weighted by Gasteiger charge is -2.08. The van der Waals surface area contributed by atoms with Crippen molar-refractivity contribution in [2.24, 2.45) is 7.05 Å². The van der Waals surface area contributed by atoms with Crippen molar-refractivity contribution in [1.29, 1.82) is 0 Å². The van der Waals surface area contributed by atoms with Crippen molar-refractivity contribution in [1.82, 2.24) is 9.78 Å². The standard InChI is InChI=1S/C11H14N4/c1-8-4-3-5-10(11(8)12)14-9-6-13-15(2)7-9/h3-7,14H,12H2,1-2H3. The largest absolute Gasteiger partial charge is 0.397 e. The first kappa shape index (κ1) is 9.58. The molecule has 0 saturated heterocycles. The van der Waals surface area contributed by atoms with Crippen LogP contribution in [0.5, 0.6) is 0 Å². The fourth-order valence-electron chi connectivity index (χ4n) is 1.43. The van der Waals surface area contributed by atoms with Crippen molar-refractivity contribution in [2.75, 3.05) is 11.1 Å². The molecule has 2 aromatic rings. The number of aromatic nitrogens is 2. The van der Waals surface area contributed by atoms with Crippen LogP contribution in [0.4, 0.5) is 17.1 Å². The maximum absolute atomic E-state index is 5.95. The summed E-state index contributed by atoms with van der Waals surface area (Å²) in [5, 5.41) is 7.30. The number of para-hydroxylation sites is 1. The number of nitrogens with two attached hydrogens (primary N) is 1. The molecule has 1 aromatic carbocycles. The number of nitrogen functional groups attached to an aromatic ring is 1. The molecule has 0 saturated carbocycles. The highest BCUT2D eigenvalue weighted by Crippen LogP contribution is 2.25. The van der Waals surface area contributed by atoms with Gasteiger partial charge in [0.1, 0.15) is 0 Å². The van der Waals surface area contributed by atoms with Crippen LogP contribution in [-0.2, 0) is 7.05 Å². The van der Waals surface area contributed by atoms with Gasteiger partial charge in [0.15, 0.2) is 0 Å². The predicted molar refractivity (Wildman–Crippen MR) is 62.1 cm³/mol. The Morgan fingerprint density at radius 2 is 2.20 bits per heavy atom. The number of aryl methyl sites for hydroxylation is 2. The third-order valence-corrected chi connectivity index (χ3v) is 2.31. The van der Waals surface area contributed by atoms with Gasteiger partial charge in [0.25, 0.3) is 0 Å². The predicted octanol–water partition coefficient (Wildman–Crippen LogP) is 2.05. The number of benzene rings is 1. The Morgan fingerprint density at radius 1 is 1.40 bits per heavy atom. The highest BCUT2D eigenvalue weighted by molar-refractivity contribution is 5.74. The molecule has 3 N–H and O–H groups in total. The number of nitrogens with one attached hydrogen (secondary N) is 1. The minimum atomic E-state index is 0.779. The summed E-state index contributed by atoms with van der Waals surface area (Å²) in [6.45, 7) is 1.99. The van der Waals surface area contributed by atoms with Gasteiger partial charge in [-0.2, -0.15) is 5.10 Å². The molecule has 0 aliphatic heterocycles. The van der Waals surface area contributed by atoms with Gasteiger partial charge in [-0.1, -0.05) is 12.1 Å².